The summed E-state index contributed by atoms with van der Waals surface area (Å²) in [5.41, 5.74) is 0.905. The van der Waals surface area contributed by atoms with Gasteiger partial charge in [-0.1, -0.05) is 18.2 Å². The van der Waals surface area contributed by atoms with Crippen LogP contribution in [0.15, 0.2) is 24.3 Å². The van der Waals surface area contributed by atoms with Crippen LogP contribution in [-0.2, 0) is 0 Å². The van der Waals surface area contributed by atoms with Gasteiger partial charge in [0.1, 0.15) is 5.82 Å². The summed E-state index contributed by atoms with van der Waals surface area (Å²) < 4.78 is 13.7. The number of halogens is 1. The summed E-state index contributed by atoms with van der Waals surface area (Å²) in [7, 11) is 0. The molecule has 1 saturated carbocycles. The second-order valence-corrected chi connectivity index (χ2v) is 4.65. The summed E-state index contributed by atoms with van der Waals surface area (Å²) in [5, 5.41) is 0. The summed E-state index contributed by atoms with van der Waals surface area (Å²) in [6, 6.07) is 8.34. The van der Waals surface area contributed by atoms with Crippen molar-refractivity contribution in [3.63, 3.8) is 0 Å². The minimum absolute atomic E-state index is 0.0324. The first-order valence-electron chi connectivity index (χ1n) is 5.86. The van der Waals surface area contributed by atoms with Crippen molar-refractivity contribution in [2.24, 2.45) is 0 Å². The Morgan fingerprint density at radius 2 is 1.93 bits per heavy atom. The van der Waals surface area contributed by atoms with Crippen LogP contribution in [0.3, 0.4) is 0 Å². The first kappa shape index (κ1) is 9.34. The highest BCUT2D eigenvalue weighted by molar-refractivity contribution is 5.22. The average Bonchev–Trinajstić information content (AvgIpc) is 2.98. The number of benzene rings is 1. The molecule has 0 amide bonds. The lowest BCUT2D eigenvalue weighted by Crippen LogP contribution is -2.25. The fourth-order valence-corrected chi connectivity index (χ4v) is 2.71. The molecule has 1 aliphatic carbocycles. The third kappa shape index (κ3) is 1.67. The molecule has 3 rings (SSSR count). The van der Waals surface area contributed by atoms with Crippen molar-refractivity contribution in [3.05, 3.63) is 35.6 Å². The monoisotopic (exact) mass is 205 g/mol. The zero-order valence-electron chi connectivity index (χ0n) is 8.82. The van der Waals surface area contributed by atoms with Crippen molar-refractivity contribution < 1.29 is 4.39 Å². The van der Waals surface area contributed by atoms with E-state index < -0.39 is 0 Å². The van der Waals surface area contributed by atoms with Crippen molar-refractivity contribution in [3.8, 4) is 0 Å². The lowest BCUT2D eigenvalue weighted by molar-refractivity contribution is 0.242. The zero-order valence-corrected chi connectivity index (χ0v) is 8.82. The standard InChI is InChI=1S/C13H16FN/c14-12-5-2-1-4-11(12)13-6-3-9-15(13)10-7-8-10/h1-2,4-5,10,13H,3,6-9H2. The molecule has 80 valence electrons. The van der Waals surface area contributed by atoms with E-state index in [9.17, 15) is 4.39 Å². The third-order valence-corrected chi connectivity index (χ3v) is 3.57. The van der Waals surface area contributed by atoms with Gasteiger partial charge < -0.3 is 0 Å². The van der Waals surface area contributed by atoms with Gasteiger partial charge in [0.05, 0.1) is 0 Å². The molecule has 1 aliphatic heterocycles. The molecule has 1 unspecified atom stereocenters. The van der Waals surface area contributed by atoms with Crippen LogP contribution >= 0.6 is 0 Å². The quantitative estimate of drug-likeness (QED) is 0.717. The molecule has 2 heteroatoms. The number of hydrogen-bond donors (Lipinski definition) is 0. The number of likely N-dealkylation sites (tertiary alicyclic amines) is 1. The third-order valence-electron chi connectivity index (χ3n) is 3.57. The van der Waals surface area contributed by atoms with Gasteiger partial charge in [-0.25, -0.2) is 4.39 Å². The molecule has 0 bridgehead atoms. The lowest BCUT2D eigenvalue weighted by atomic mass is 10.0. The number of hydrogen-bond acceptors (Lipinski definition) is 1. The van der Waals surface area contributed by atoms with Crippen molar-refractivity contribution in [1.29, 1.82) is 0 Å². The van der Waals surface area contributed by atoms with Gasteiger partial charge in [0.25, 0.3) is 0 Å². The smallest absolute Gasteiger partial charge is 0.127 e. The Bertz CT molecular complexity index is 359. The lowest BCUT2D eigenvalue weighted by Gasteiger charge is -2.24. The van der Waals surface area contributed by atoms with Gasteiger partial charge in [-0.3, -0.25) is 4.90 Å². The van der Waals surface area contributed by atoms with Crippen LogP contribution in [0.5, 0.6) is 0 Å². The predicted octanol–water partition coefficient (Wildman–Crippen LogP) is 3.13. The minimum Gasteiger partial charge on any atom is -0.293 e. The van der Waals surface area contributed by atoms with Crippen LogP contribution in [0.25, 0.3) is 0 Å². The van der Waals surface area contributed by atoms with E-state index in [-0.39, 0.29) is 5.82 Å². The Kier molecular flexibility index (Phi) is 2.24. The normalized spacial score (nSPS) is 27.1. The molecule has 1 saturated heterocycles. The van der Waals surface area contributed by atoms with Crippen LogP contribution in [0.1, 0.15) is 37.3 Å². The highest BCUT2D eigenvalue weighted by Gasteiger charge is 2.38. The average molecular weight is 205 g/mol. The predicted molar refractivity (Wildman–Crippen MR) is 58.1 cm³/mol. The zero-order chi connectivity index (χ0) is 10.3. The van der Waals surface area contributed by atoms with Crippen LogP contribution in [-0.4, -0.2) is 17.5 Å². The van der Waals surface area contributed by atoms with E-state index in [4.69, 9.17) is 0 Å². The van der Waals surface area contributed by atoms with Gasteiger partial charge in [0.2, 0.25) is 0 Å². The van der Waals surface area contributed by atoms with Gasteiger partial charge in [-0.15, -0.1) is 0 Å². The van der Waals surface area contributed by atoms with Gasteiger partial charge in [-0.05, 0) is 38.3 Å². The van der Waals surface area contributed by atoms with Crippen LogP contribution in [0, 0.1) is 5.82 Å². The summed E-state index contributed by atoms with van der Waals surface area (Å²) >= 11 is 0. The highest BCUT2D eigenvalue weighted by atomic mass is 19.1. The van der Waals surface area contributed by atoms with Gasteiger partial charge in [0.15, 0.2) is 0 Å². The van der Waals surface area contributed by atoms with Crippen LogP contribution < -0.4 is 0 Å². The van der Waals surface area contributed by atoms with Crippen LogP contribution in [0.4, 0.5) is 4.39 Å². The fraction of sp³-hybridized carbons (Fsp3) is 0.538. The molecular formula is C13H16FN. The molecule has 0 aromatic heterocycles. The van der Waals surface area contributed by atoms with Crippen molar-refractivity contribution in [2.45, 2.75) is 37.8 Å². The van der Waals surface area contributed by atoms with Gasteiger partial charge >= 0.3 is 0 Å². The number of nitrogens with zero attached hydrogens (tertiary/aromatic N) is 1. The van der Waals surface area contributed by atoms with Gasteiger partial charge in [0, 0.05) is 17.6 Å². The van der Waals surface area contributed by atoms with Crippen molar-refractivity contribution in [2.75, 3.05) is 6.54 Å². The molecule has 1 atom stereocenters. The molecule has 1 aromatic carbocycles. The second kappa shape index (κ2) is 3.60. The summed E-state index contributed by atoms with van der Waals surface area (Å²) in [6.07, 6.45) is 4.96. The maximum Gasteiger partial charge on any atom is 0.127 e. The van der Waals surface area contributed by atoms with E-state index in [1.807, 2.05) is 12.1 Å². The van der Waals surface area contributed by atoms with Gasteiger partial charge in [-0.2, -0.15) is 0 Å². The molecule has 2 aliphatic rings. The number of rotatable bonds is 2. The second-order valence-electron chi connectivity index (χ2n) is 4.65. The van der Waals surface area contributed by atoms with Crippen molar-refractivity contribution >= 4 is 0 Å². The largest absolute Gasteiger partial charge is 0.293 e. The van der Waals surface area contributed by atoms with Crippen molar-refractivity contribution in [1.82, 2.24) is 4.90 Å². The molecule has 0 N–H and O–H groups in total. The molecule has 1 nitrogen and oxygen atoms in total. The maximum absolute atomic E-state index is 13.7. The molecule has 1 aromatic rings. The summed E-state index contributed by atoms with van der Waals surface area (Å²) in [4.78, 5) is 2.50. The first-order chi connectivity index (χ1) is 7.36. The Balaban J connectivity index is 1.89. The van der Waals surface area contributed by atoms with Crippen LogP contribution in [0.2, 0.25) is 0 Å². The van der Waals surface area contributed by atoms with E-state index in [1.165, 1.54) is 19.3 Å². The molecule has 15 heavy (non-hydrogen) atoms. The first-order valence-corrected chi connectivity index (χ1v) is 5.86. The highest BCUT2D eigenvalue weighted by Crippen LogP contribution is 2.41. The Hall–Kier alpha value is -0.890. The molecular weight excluding hydrogens is 189 g/mol. The molecule has 0 spiro atoms. The van der Waals surface area contributed by atoms with E-state index in [0.29, 0.717) is 6.04 Å². The Morgan fingerprint density at radius 3 is 2.67 bits per heavy atom. The van der Waals surface area contributed by atoms with E-state index >= 15 is 0 Å². The Morgan fingerprint density at radius 1 is 1.13 bits per heavy atom. The topological polar surface area (TPSA) is 3.24 Å². The minimum atomic E-state index is -0.0324. The fourth-order valence-electron chi connectivity index (χ4n) is 2.71. The van der Waals surface area contributed by atoms with E-state index in [0.717, 1.165) is 24.6 Å². The molecule has 1 heterocycles. The van der Waals surface area contributed by atoms with E-state index in [1.54, 1.807) is 12.1 Å². The van der Waals surface area contributed by atoms with E-state index in [2.05, 4.69) is 4.90 Å². The summed E-state index contributed by atoms with van der Waals surface area (Å²) in [6.45, 7) is 1.16. The SMILES string of the molecule is Fc1ccccc1C1CCCN1C1CC1. The maximum atomic E-state index is 13.7. The Labute approximate surface area is 89.9 Å². The molecule has 2 fully saturated rings. The summed E-state index contributed by atoms with van der Waals surface area (Å²) in [5.74, 6) is -0.0324. The molecule has 0 radical (unpaired) electrons.